The summed E-state index contributed by atoms with van der Waals surface area (Å²) in [6.45, 7) is 4.60. The third kappa shape index (κ3) is 4.81. The topological polar surface area (TPSA) is 55.6 Å². The zero-order chi connectivity index (χ0) is 14.3. The van der Waals surface area contributed by atoms with Gasteiger partial charge in [0.2, 0.25) is 5.91 Å². The van der Waals surface area contributed by atoms with Crippen molar-refractivity contribution in [1.29, 1.82) is 0 Å². The van der Waals surface area contributed by atoms with Crippen LogP contribution in [0, 0.1) is 0 Å². The Morgan fingerprint density at radius 3 is 2.37 bits per heavy atom. The van der Waals surface area contributed by atoms with Gasteiger partial charge in [-0.15, -0.1) is 0 Å². The van der Waals surface area contributed by atoms with Gasteiger partial charge in [0.15, 0.2) is 0 Å². The number of nitrogen functional groups attached to an aromatic ring is 1. The highest BCUT2D eigenvalue weighted by Crippen LogP contribution is 2.14. The number of nitrogens with two attached hydrogens (primary N) is 1. The molecule has 106 valence electrons. The maximum absolute atomic E-state index is 12.0. The van der Waals surface area contributed by atoms with Crippen molar-refractivity contribution in [3.8, 4) is 5.75 Å². The van der Waals surface area contributed by atoms with E-state index in [9.17, 15) is 4.79 Å². The molecule has 0 fully saturated rings. The van der Waals surface area contributed by atoms with E-state index in [0.29, 0.717) is 24.8 Å². The minimum absolute atomic E-state index is 0.129. The van der Waals surface area contributed by atoms with E-state index in [-0.39, 0.29) is 5.91 Å². The zero-order valence-electron chi connectivity index (χ0n) is 12.1. The van der Waals surface area contributed by atoms with Gasteiger partial charge in [0.05, 0.1) is 13.0 Å². The maximum Gasteiger partial charge on any atom is 0.225 e. The largest absolute Gasteiger partial charge is 0.493 e. The maximum atomic E-state index is 12.0. The van der Waals surface area contributed by atoms with Crippen molar-refractivity contribution in [2.75, 3.05) is 19.4 Å². The van der Waals surface area contributed by atoms with Gasteiger partial charge < -0.3 is 15.4 Å². The molecule has 1 rings (SSSR count). The highest BCUT2D eigenvalue weighted by Gasteiger charge is 2.16. The molecule has 0 spiro atoms. The van der Waals surface area contributed by atoms with Crippen molar-refractivity contribution in [1.82, 2.24) is 4.90 Å². The highest BCUT2D eigenvalue weighted by molar-refractivity contribution is 5.76. The van der Waals surface area contributed by atoms with Gasteiger partial charge in [-0.25, -0.2) is 0 Å². The molecule has 0 unspecified atom stereocenters. The third-order valence-electron chi connectivity index (χ3n) is 3.35. The molecule has 1 aromatic rings. The molecule has 2 N–H and O–H groups in total. The van der Waals surface area contributed by atoms with Crippen LogP contribution in [0.2, 0.25) is 0 Å². The normalized spacial score (nSPS) is 10.5. The third-order valence-corrected chi connectivity index (χ3v) is 3.35. The van der Waals surface area contributed by atoms with Crippen LogP contribution in [0.25, 0.3) is 0 Å². The number of ether oxygens (including phenoxy) is 1. The average Bonchev–Trinajstić information content (AvgIpc) is 2.42. The second kappa shape index (κ2) is 7.67. The first-order valence-electron chi connectivity index (χ1n) is 6.82. The Balaban J connectivity index is 2.36. The van der Waals surface area contributed by atoms with Gasteiger partial charge in [-0.2, -0.15) is 0 Å². The Labute approximate surface area is 115 Å². The standard InChI is InChI=1S/C15H24N2O2/c1-4-13(5-2)17(3)15(18)10-11-19-14-8-6-12(16)7-9-14/h6-9,13H,4-5,10-11,16H2,1-3H3. The fourth-order valence-electron chi connectivity index (χ4n) is 2.04. The summed E-state index contributed by atoms with van der Waals surface area (Å²) in [7, 11) is 1.86. The van der Waals surface area contributed by atoms with Crippen molar-refractivity contribution < 1.29 is 9.53 Å². The zero-order valence-corrected chi connectivity index (χ0v) is 12.1. The van der Waals surface area contributed by atoms with Crippen molar-refractivity contribution in [2.24, 2.45) is 0 Å². The van der Waals surface area contributed by atoms with Crippen LogP contribution in [0.4, 0.5) is 5.69 Å². The summed E-state index contributed by atoms with van der Waals surface area (Å²) in [5.74, 6) is 0.872. The van der Waals surface area contributed by atoms with Crippen molar-refractivity contribution in [3.05, 3.63) is 24.3 Å². The first kappa shape index (κ1) is 15.3. The first-order chi connectivity index (χ1) is 9.08. The Morgan fingerprint density at radius 1 is 1.26 bits per heavy atom. The fourth-order valence-corrected chi connectivity index (χ4v) is 2.04. The van der Waals surface area contributed by atoms with Gasteiger partial charge >= 0.3 is 0 Å². The quantitative estimate of drug-likeness (QED) is 0.770. The van der Waals surface area contributed by atoms with Gasteiger partial charge in [-0.3, -0.25) is 4.79 Å². The number of benzene rings is 1. The van der Waals surface area contributed by atoms with E-state index in [0.717, 1.165) is 18.6 Å². The Kier molecular flexibility index (Phi) is 6.19. The summed E-state index contributed by atoms with van der Waals surface area (Å²) >= 11 is 0. The highest BCUT2D eigenvalue weighted by atomic mass is 16.5. The molecular formula is C15H24N2O2. The number of hydrogen-bond acceptors (Lipinski definition) is 3. The van der Waals surface area contributed by atoms with Gasteiger partial charge in [-0.05, 0) is 37.1 Å². The monoisotopic (exact) mass is 264 g/mol. The van der Waals surface area contributed by atoms with Crippen LogP contribution in [-0.4, -0.2) is 30.5 Å². The summed E-state index contributed by atoms with van der Waals surface area (Å²) in [5, 5.41) is 0. The molecule has 4 nitrogen and oxygen atoms in total. The molecule has 0 aliphatic rings. The van der Waals surface area contributed by atoms with Gasteiger partial charge in [-0.1, -0.05) is 13.8 Å². The number of carbonyl (C=O) groups excluding carboxylic acids is 1. The summed E-state index contributed by atoms with van der Waals surface area (Å²) < 4.78 is 5.53. The number of hydrogen-bond donors (Lipinski definition) is 1. The minimum atomic E-state index is 0.129. The molecule has 0 radical (unpaired) electrons. The van der Waals surface area contributed by atoms with E-state index in [2.05, 4.69) is 13.8 Å². The van der Waals surface area contributed by atoms with Crippen LogP contribution in [-0.2, 0) is 4.79 Å². The summed E-state index contributed by atoms with van der Waals surface area (Å²) in [6.07, 6.45) is 2.37. The van der Waals surface area contributed by atoms with Crippen LogP contribution < -0.4 is 10.5 Å². The van der Waals surface area contributed by atoms with Crippen LogP contribution in [0.3, 0.4) is 0 Å². The first-order valence-corrected chi connectivity index (χ1v) is 6.82. The number of carbonyl (C=O) groups is 1. The van der Waals surface area contributed by atoms with Crippen molar-refractivity contribution in [2.45, 2.75) is 39.2 Å². The molecular weight excluding hydrogens is 240 g/mol. The number of rotatable bonds is 7. The molecule has 0 aromatic heterocycles. The SMILES string of the molecule is CCC(CC)N(C)C(=O)CCOc1ccc(N)cc1. The van der Waals surface area contributed by atoms with Crippen LogP contribution in [0.5, 0.6) is 5.75 Å². The van der Waals surface area contributed by atoms with E-state index in [1.807, 2.05) is 24.1 Å². The second-order valence-corrected chi connectivity index (χ2v) is 4.64. The molecule has 0 saturated carbocycles. The lowest BCUT2D eigenvalue weighted by Gasteiger charge is -2.26. The molecule has 1 amide bonds. The molecule has 0 bridgehead atoms. The molecule has 0 heterocycles. The van der Waals surface area contributed by atoms with E-state index in [4.69, 9.17) is 10.5 Å². The Bertz CT molecular complexity index is 386. The minimum Gasteiger partial charge on any atom is -0.493 e. The predicted octanol–water partition coefficient (Wildman–Crippen LogP) is 2.68. The summed E-state index contributed by atoms with van der Waals surface area (Å²) in [4.78, 5) is 13.8. The van der Waals surface area contributed by atoms with Gasteiger partial charge in [0, 0.05) is 18.8 Å². The number of anilines is 1. The fraction of sp³-hybridized carbons (Fsp3) is 0.533. The van der Waals surface area contributed by atoms with Gasteiger partial charge in [0.1, 0.15) is 5.75 Å². The van der Waals surface area contributed by atoms with Crippen LogP contribution in [0.15, 0.2) is 24.3 Å². The lowest BCUT2D eigenvalue weighted by Crippen LogP contribution is -2.36. The molecule has 0 saturated heterocycles. The molecule has 19 heavy (non-hydrogen) atoms. The molecule has 1 aromatic carbocycles. The number of nitrogens with zero attached hydrogens (tertiary/aromatic N) is 1. The van der Waals surface area contributed by atoms with Crippen LogP contribution >= 0.6 is 0 Å². The molecule has 0 aliphatic heterocycles. The van der Waals surface area contributed by atoms with E-state index >= 15 is 0 Å². The Morgan fingerprint density at radius 2 is 1.84 bits per heavy atom. The average molecular weight is 264 g/mol. The molecule has 0 atom stereocenters. The van der Waals surface area contributed by atoms with Crippen molar-refractivity contribution >= 4 is 11.6 Å². The molecule has 0 aliphatic carbocycles. The van der Waals surface area contributed by atoms with Gasteiger partial charge in [0.25, 0.3) is 0 Å². The molecule has 4 heteroatoms. The summed E-state index contributed by atoms with van der Waals surface area (Å²) in [6, 6.07) is 7.51. The lowest BCUT2D eigenvalue weighted by molar-refractivity contribution is -0.132. The summed E-state index contributed by atoms with van der Waals surface area (Å²) in [5.41, 5.74) is 6.30. The smallest absolute Gasteiger partial charge is 0.225 e. The second-order valence-electron chi connectivity index (χ2n) is 4.64. The van der Waals surface area contributed by atoms with E-state index < -0.39 is 0 Å². The van der Waals surface area contributed by atoms with E-state index in [1.165, 1.54) is 0 Å². The Hall–Kier alpha value is -1.71. The predicted molar refractivity (Wildman–Crippen MR) is 78.1 cm³/mol. The van der Waals surface area contributed by atoms with Crippen molar-refractivity contribution in [3.63, 3.8) is 0 Å². The lowest BCUT2D eigenvalue weighted by atomic mass is 10.1. The number of amides is 1. The van der Waals surface area contributed by atoms with Crippen LogP contribution in [0.1, 0.15) is 33.1 Å². The van der Waals surface area contributed by atoms with E-state index in [1.54, 1.807) is 12.1 Å².